The first kappa shape index (κ1) is 14.8. The molecule has 0 aliphatic rings. The van der Waals surface area contributed by atoms with Gasteiger partial charge in [-0.05, 0) is 25.1 Å². The number of hydrogen-bond donors (Lipinski definition) is 2. The maximum Gasteiger partial charge on any atom is 0.321 e. The van der Waals surface area contributed by atoms with Crippen LogP contribution in [0.5, 0.6) is 5.75 Å². The Morgan fingerprint density at radius 2 is 2.21 bits per heavy atom. The lowest BCUT2D eigenvalue weighted by atomic mass is 10.2. The summed E-state index contributed by atoms with van der Waals surface area (Å²) < 4.78 is 5.14. The summed E-state index contributed by atoms with van der Waals surface area (Å²) >= 11 is 5.86. The van der Waals surface area contributed by atoms with Gasteiger partial charge in [0, 0.05) is 6.54 Å². The molecule has 1 rings (SSSR count). The Bertz CT molecular complexity index is 525. The van der Waals surface area contributed by atoms with E-state index < -0.39 is 11.9 Å². The molecule has 0 saturated heterocycles. The van der Waals surface area contributed by atoms with Gasteiger partial charge in [-0.1, -0.05) is 11.6 Å². The van der Waals surface area contributed by atoms with E-state index in [0.29, 0.717) is 12.1 Å². The number of carbonyl (C=O) groups is 2. The van der Waals surface area contributed by atoms with Gasteiger partial charge in [0.25, 0.3) is 5.91 Å². The lowest BCUT2D eigenvalue weighted by Crippen LogP contribution is -2.41. The fourth-order valence-corrected chi connectivity index (χ4v) is 1.43. The predicted molar refractivity (Wildman–Crippen MR) is 68.9 cm³/mol. The van der Waals surface area contributed by atoms with Crippen molar-refractivity contribution >= 4 is 23.5 Å². The van der Waals surface area contributed by atoms with E-state index in [4.69, 9.17) is 21.6 Å². The van der Waals surface area contributed by atoms with Gasteiger partial charge in [-0.25, -0.2) is 4.79 Å². The third kappa shape index (κ3) is 4.85. The number of nitriles is 1. The normalized spacial score (nSPS) is 9.32. The molecule has 0 fully saturated rings. The maximum atomic E-state index is 11.3. The number of hydrogen-bond acceptors (Lipinski definition) is 4. The summed E-state index contributed by atoms with van der Waals surface area (Å²) in [5, 5.41) is 13.4. The number of nitrogens with zero attached hydrogens (tertiary/aromatic N) is 1. The Balaban J connectivity index is 2.51. The first-order valence-corrected chi connectivity index (χ1v) is 5.84. The zero-order valence-electron chi connectivity index (χ0n) is 10.2. The number of halogens is 1. The number of ether oxygens (including phenoxy) is 1. The molecule has 6 nitrogen and oxygen atoms in total. The van der Waals surface area contributed by atoms with Crippen molar-refractivity contribution in [2.45, 2.75) is 6.92 Å². The number of imide groups is 1. The van der Waals surface area contributed by atoms with Crippen LogP contribution < -0.4 is 15.4 Å². The van der Waals surface area contributed by atoms with Crippen LogP contribution in [-0.4, -0.2) is 25.1 Å². The highest BCUT2D eigenvalue weighted by atomic mass is 35.5. The summed E-state index contributed by atoms with van der Waals surface area (Å²) in [6.45, 7) is 1.81. The van der Waals surface area contributed by atoms with E-state index in [1.54, 1.807) is 6.92 Å². The van der Waals surface area contributed by atoms with Gasteiger partial charge >= 0.3 is 6.03 Å². The molecule has 3 amide bonds. The van der Waals surface area contributed by atoms with Crippen LogP contribution in [-0.2, 0) is 4.79 Å². The first-order chi connectivity index (χ1) is 9.06. The highest BCUT2D eigenvalue weighted by Gasteiger charge is 2.09. The van der Waals surface area contributed by atoms with E-state index in [1.807, 2.05) is 6.07 Å². The van der Waals surface area contributed by atoms with Gasteiger partial charge in [0.15, 0.2) is 6.61 Å². The summed E-state index contributed by atoms with van der Waals surface area (Å²) in [6, 6.07) is 5.78. The van der Waals surface area contributed by atoms with Gasteiger partial charge in [0.1, 0.15) is 5.75 Å². The summed E-state index contributed by atoms with van der Waals surface area (Å²) in [5.74, 6) is -0.321. The molecule has 0 saturated carbocycles. The van der Waals surface area contributed by atoms with Crippen molar-refractivity contribution in [1.29, 1.82) is 5.26 Å². The molecule has 100 valence electrons. The van der Waals surface area contributed by atoms with Gasteiger partial charge in [0.05, 0.1) is 16.7 Å². The summed E-state index contributed by atoms with van der Waals surface area (Å²) in [7, 11) is 0. The van der Waals surface area contributed by atoms with Crippen molar-refractivity contribution < 1.29 is 14.3 Å². The lowest BCUT2D eigenvalue weighted by molar-refractivity contribution is -0.122. The van der Waals surface area contributed by atoms with Gasteiger partial charge in [-0.15, -0.1) is 0 Å². The van der Waals surface area contributed by atoms with Crippen molar-refractivity contribution in [3.63, 3.8) is 0 Å². The zero-order chi connectivity index (χ0) is 14.3. The second-order valence-electron chi connectivity index (χ2n) is 3.45. The number of carbonyl (C=O) groups excluding carboxylic acids is 2. The Kier molecular flexibility index (Phi) is 5.64. The largest absolute Gasteiger partial charge is 0.482 e. The van der Waals surface area contributed by atoms with Crippen LogP contribution in [0.4, 0.5) is 4.79 Å². The fourth-order valence-electron chi connectivity index (χ4n) is 1.20. The molecule has 0 spiro atoms. The average molecular weight is 282 g/mol. The monoisotopic (exact) mass is 281 g/mol. The molecular weight excluding hydrogens is 270 g/mol. The third-order valence-corrected chi connectivity index (χ3v) is 2.31. The summed E-state index contributed by atoms with van der Waals surface area (Å²) in [4.78, 5) is 22.4. The fraction of sp³-hybridized carbons (Fsp3) is 0.250. The van der Waals surface area contributed by atoms with E-state index >= 15 is 0 Å². The minimum atomic E-state index is -0.591. The Morgan fingerprint density at radius 1 is 1.47 bits per heavy atom. The molecule has 0 heterocycles. The molecule has 0 aromatic heterocycles. The van der Waals surface area contributed by atoms with Crippen molar-refractivity contribution in [2.75, 3.05) is 13.2 Å². The number of nitrogens with one attached hydrogen (secondary N) is 2. The van der Waals surface area contributed by atoms with Crippen molar-refractivity contribution in [3.05, 3.63) is 28.8 Å². The third-order valence-electron chi connectivity index (χ3n) is 2.01. The Morgan fingerprint density at radius 3 is 2.79 bits per heavy atom. The number of urea groups is 1. The lowest BCUT2D eigenvalue weighted by Gasteiger charge is -2.08. The summed E-state index contributed by atoms with van der Waals surface area (Å²) in [6.07, 6.45) is 0. The molecular formula is C12H12ClN3O3. The number of amides is 3. The SMILES string of the molecule is CCNC(=O)NC(=O)COc1ccc(C#N)cc1Cl. The number of rotatable bonds is 4. The second-order valence-corrected chi connectivity index (χ2v) is 3.86. The number of benzene rings is 1. The van der Waals surface area contributed by atoms with Crippen molar-refractivity contribution in [2.24, 2.45) is 0 Å². The van der Waals surface area contributed by atoms with Crippen LogP contribution in [0, 0.1) is 11.3 Å². The van der Waals surface area contributed by atoms with Crippen LogP contribution in [0.15, 0.2) is 18.2 Å². The van der Waals surface area contributed by atoms with Crippen LogP contribution in [0.2, 0.25) is 5.02 Å². The Labute approximate surface area is 115 Å². The molecule has 0 atom stereocenters. The Hall–Kier alpha value is -2.26. The van der Waals surface area contributed by atoms with E-state index in [0.717, 1.165) is 0 Å². The molecule has 0 radical (unpaired) electrons. The molecule has 2 N–H and O–H groups in total. The maximum absolute atomic E-state index is 11.3. The smallest absolute Gasteiger partial charge is 0.321 e. The van der Waals surface area contributed by atoms with Crippen molar-refractivity contribution in [3.8, 4) is 11.8 Å². The van der Waals surface area contributed by atoms with Gasteiger partial charge in [-0.3, -0.25) is 10.1 Å². The topological polar surface area (TPSA) is 91.2 Å². The molecule has 1 aromatic rings. The minimum absolute atomic E-state index is 0.227. The van der Waals surface area contributed by atoms with Gasteiger partial charge < -0.3 is 10.1 Å². The molecule has 0 unspecified atom stereocenters. The van der Waals surface area contributed by atoms with E-state index in [1.165, 1.54) is 18.2 Å². The van der Waals surface area contributed by atoms with Crippen LogP contribution in [0.1, 0.15) is 12.5 Å². The standard InChI is InChI=1S/C12H12ClN3O3/c1-2-15-12(18)16-11(17)7-19-10-4-3-8(6-14)5-9(10)13/h3-5H,2,7H2,1H3,(H2,15,16,17,18). The van der Waals surface area contributed by atoms with E-state index in [9.17, 15) is 9.59 Å². The van der Waals surface area contributed by atoms with E-state index in [-0.39, 0.29) is 17.4 Å². The predicted octanol–water partition coefficient (Wildman–Crippen LogP) is 1.44. The van der Waals surface area contributed by atoms with Crippen LogP contribution in [0.3, 0.4) is 0 Å². The van der Waals surface area contributed by atoms with Gasteiger partial charge in [0.2, 0.25) is 0 Å². The average Bonchev–Trinajstić information content (AvgIpc) is 2.37. The molecule has 19 heavy (non-hydrogen) atoms. The summed E-state index contributed by atoms with van der Waals surface area (Å²) in [5.41, 5.74) is 0.393. The quantitative estimate of drug-likeness (QED) is 0.873. The minimum Gasteiger partial charge on any atom is -0.482 e. The van der Waals surface area contributed by atoms with E-state index in [2.05, 4.69) is 10.6 Å². The zero-order valence-corrected chi connectivity index (χ0v) is 11.0. The molecule has 0 bridgehead atoms. The molecule has 7 heteroatoms. The molecule has 0 aliphatic heterocycles. The molecule has 1 aromatic carbocycles. The first-order valence-electron chi connectivity index (χ1n) is 5.47. The highest BCUT2D eigenvalue weighted by molar-refractivity contribution is 6.32. The van der Waals surface area contributed by atoms with Crippen LogP contribution in [0.25, 0.3) is 0 Å². The highest BCUT2D eigenvalue weighted by Crippen LogP contribution is 2.24. The second kappa shape index (κ2) is 7.24. The van der Waals surface area contributed by atoms with Gasteiger partial charge in [-0.2, -0.15) is 5.26 Å². The van der Waals surface area contributed by atoms with Crippen molar-refractivity contribution in [1.82, 2.24) is 10.6 Å². The van der Waals surface area contributed by atoms with Crippen LogP contribution >= 0.6 is 11.6 Å². The molecule has 0 aliphatic carbocycles.